The second-order valence-electron chi connectivity index (χ2n) is 29.4. The van der Waals surface area contributed by atoms with Crippen molar-refractivity contribution in [2.75, 3.05) is 25.5 Å². The minimum Gasteiger partial charge on any atom is -0.508 e. The third-order valence-corrected chi connectivity index (χ3v) is 23.0. The van der Waals surface area contributed by atoms with E-state index in [1.807, 2.05) is 6.07 Å². The highest BCUT2D eigenvalue weighted by molar-refractivity contribution is 8.13. The fourth-order valence-electron chi connectivity index (χ4n) is 14.3. The zero-order chi connectivity index (χ0) is 87.2. The highest BCUT2D eigenvalue weighted by atomic mass is 35.5. The van der Waals surface area contributed by atoms with Crippen molar-refractivity contribution in [1.82, 2.24) is 42.5 Å². The number of aliphatic carboxylic acids is 1. The fraction of sp³-hybridized carbons (Fsp3) is 0.375. The van der Waals surface area contributed by atoms with Gasteiger partial charge in [0.25, 0.3) is 0 Å². The Labute approximate surface area is 706 Å². The van der Waals surface area contributed by atoms with Crippen molar-refractivity contribution in [3.05, 3.63) is 169 Å². The molecule has 0 unspecified atom stereocenters. The van der Waals surface area contributed by atoms with E-state index in [-0.39, 0.29) is 41.4 Å². The van der Waals surface area contributed by atoms with Crippen LogP contribution in [0.25, 0.3) is 11.1 Å². The Balaban J connectivity index is 1.03. The topological polar surface area (TPSA) is 586 Å². The van der Waals surface area contributed by atoms with Crippen molar-refractivity contribution < 1.29 is 132 Å². The SMILES string of the molecule is CC(=O)SCCCOc1cccc(CN[C@@]2(C)C[C@H](O[C@H]3[C@H](Oc4c5cc6cc4Oc4ccc(cc4Cl)[C@@H](O)[C@@H](NC(=O)[C@@H](N)Cc4cccs4)C(=O)N[C@@H](CC(N)=O)C(=O)N[C@H]6C(=O)N[C@H]4C(=O)N[C@H](C(=O)N[C@H](C(=O)NCC(=O)O)c6cc(O)cc(O)c6-c6cc4ccc6O)[C@H](O)c4ccc(c(Cl)c4)O5)O[C@H](CO)[C@@H](O)[C@@H]3O)O[C@@H](C)[C@H]2O)c1. The lowest BCUT2D eigenvalue weighted by Crippen LogP contribution is -2.65. The van der Waals surface area contributed by atoms with Crippen LogP contribution in [0.4, 0.5) is 0 Å². The number of nitrogens with two attached hydrogens (primary N) is 2. The molecule has 7 aromatic rings. The summed E-state index contributed by atoms with van der Waals surface area (Å²) in [5.74, 6) is -16.6. The number of carboxylic acids is 1. The zero-order valence-corrected chi connectivity index (χ0v) is 67.5. The summed E-state index contributed by atoms with van der Waals surface area (Å²) < 4.78 is 45.4. The smallest absolute Gasteiger partial charge is 0.322 e. The van der Waals surface area contributed by atoms with E-state index in [0.29, 0.717) is 29.4 Å². The van der Waals surface area contributed by atoms with Crippen LogP contribution < -0.4 is 72.9 Å². The van der Waals surface area contributed by atoms with Crippen LogP contribution in [0, 0.1) is 0 Å². The summed E-state index contributed by atoms with van der Waals surface area (Å²) in [5.41, 5.74) is 8.56. The van der Waals surface area contributed by atoms with Crippen LogP contribution in [0.1, 0.15) is 109 Å². The molecule has 7 aliphatic rings. The quantitative estimate of drug-likeness (QED) is 0.0432. The Morgan fingerprint density at radius 1 is 0.727 bits per heavy atom. The number of halogens is 2. The molecule has 0 saturated carbocycles. The molecule has 11 bridgehead atoms. The van der Waals surface area contributed by atoms with Crippen molar-refractivity contribution in [2.45, 2.75) is 162 Å². The number of phenols is 3. The van der Waals surface area contributed by atoms with Gasteiger partial charge in [-0.2, -0.15) is 0 Å². The minimum atomic E-state index is -2.41. The van der Waals surface area contributed by atoms with Crippen LogP contribution in [0.2, 0.25) is 10.0 Å². The summed E-state index contributed by atoms with van der Waals surface area (Å²) in [7, 11) is 0. The molecule has 0 radical (unpaired) electrons. The van der Waals surface area contributed by atoms with Crippen molar-refractivity contribution in [3.8, 4) is 62.9 Å². The van der Waals surface area contributed by atoms with Gasteiger partial charge in [-0.15, -0.1) is 11.3 Å². The van der Waals surface area contributed by atoms with Gasteiger partial charge in [-0.3, -0.25) is 47.9 Å². The first-order valence-corrected chi connectivity index (χ1v) is 40.3. The second-order valence-corrected chi connectivity index (χ2v) is 32.5. The van der Waals surface area contributed by atoms with E-state index in [9.17, 15) is 79.8 Å². The van der Waals surface area contributed by atoms with Crippen LogP contribution in [-0.4, -0.2) is 214 Å². The van der Waals surface area contributed by atoms with Crippen molar-refractivity contribution in [1.29, 1.82) is 0 Å². The maximum absolute atomic E-state index is 16.3. The number of carboxylic acid groups (broad SMARTS) is 1. The number of carbonyl (C=O) groups is 10. The number of carbonyl (C=O) groups excluding carboxylic acids is 9. The van der Waals surface area contributed by atoms with Gasteiger partial charge in [-0.25, -0.2) is 0 Å². The van der Waals surface area contributed by atoms with E-state index in [1.54, 1.807) is 49.6 Å². The number of amides is 8. The number of rotatable bonds is 22. The third kappa shape index (κ3) is 20.8. The van der Waals surface area contributed by atoms with Gasteiger partial charge in [-0.05, 0) is 132 Å². The molecule has 1 aromatic heterocycles. The van der Waals surface area contributed by atoms with E-state index < -0.39 is 260 Å². The number of phenolic OH excluding ortho intramolecular Hbond substituents is 3. The number of primary amides is 1. The molecule has 8 amide bonds. The van der Waals surface area contributed by atoms with Crippen LogP contribution in [0.15, 0.2) is 121 Å². The molecule has 644 valence electrons. The number of benzene rings is 6. The number of aromatic hydroxyl groups is 3. The molecule has 7 aliphatic heterocycles. The molecule has 2 fully saturated rings. The number of thioether (sulfide) groups is 1. The highest BCUT2D eigenvalue weighted by Crippen LogP contribution is 2.50. The Bertz CT molecular complexity index is 5110. The Morgan fingerprint density at radius 3 is 2.05 bits per heavy atom. The largest absolute Gasteiger partial charge is 0.508 e. The van der Waals surface area contributed by atoms with Gasteiger partial charge in [0, 0.05) is 59.7 Å². The molecule has 121 heavy (non-hydrogen) atoms. The monoisotopic (exact) mass is 1750 g/mol. The lowest BCUT2D eigenvalue weighted by atomic mass is 9.84. The second kappa shape index (κ2) is 38.4. The van der Waals surface area contributed by atoms with Gasteiger partial charge in [-0.1, -0.05) is 71.4 Å². The van der Waals surface area contributed by atoms with Crippen LogP contribution in [0.3, 0.4) is 0 Å². The van der Waals surface area contributed by atoms with E-state index in [0.717, 1.165) is 78.4 Å². The Hall–Kier alpha value is -11.0. The molecule has 2 saturated heterocycles. The van der Waals surface area contributed by atoms with Crippen LogP contribution in [-0.2, 0) is 75.1 Å². The minimum absolute atomic E-state index is 0.0219. The molecule has 37 nitrogen and oxygen atoms in total. The summed E-state index contributed by atoms with van der Waals surface area (Å²) in [4.78, 5) is 144. The number of hydrogen-bond acceptors (Lipinski definition) is 30. The zero-order valence-electron chi connectivity index (χ0n) is 64.4. The summed E-state index contributed by atoms with van der Waals surface area (Å²) in [6.07, 6.45) is -18.8. The maximum atomic E-state index is 16.3. The average Bonchev–Trinajstić information content (AvgIpc) is 1.32. The Kier molecular flexibility index (Phi) is 28.3. The first-order chi connectivity index (χ1) is 57.5. The van der Waals surface area contributed by atoms with E-state index in [1.165, 1.54) is 36.1 Å². The molecule has 8 heterocycles. The number of nitrogens with one attached hydrogen (secondary N) is 8. The fourth-order valence-corrected chi connectivity index (χ4v) is 16.1. The van der Waals surface area contributed by atoms with Crippen molar-refractivity contribution in [2.24, 2.45) is 11.5 Å². The number of thiophene rings is 1. The molecule has 6 aromatic carbocycles. The van der Waals surface area contributed by atoms with Gasteiger partial charge >= 0.3 is 5.97 Å². The summed E-state index contributed by atoms with van der Waals surface area (Å²) >= 11 is 16.8. The van der Waals surface area contributed by atoms with E-state index in [4.69, 9.17) is 67.8 Å². The van der Waals surface area contributed by atoms with Gasteiger partial charge in [0.1, 0.15) is 108 Å². The number of aliphatic hydroxyl groups is 6. The van der Waals surface area contributed by atoms with E-state index >= 15 is 19.2 Å². The van der Waals surface area contributed by atoms with Crippen molar-refractivity contribution >= 4 is 105 Å². The summed E-state index contributed by atoms with van der Waals surface area (Å²) in [6.45, 7) is 3.06. The number of fused-ring (bicyclic) bond motifs is 15. The van der Waals surface area contributed by atoms with E-state index in [2.05, 4.69) is 42.5 Å². The molecule has 14 rings (SSSR count). The standard InChI is InChI=1S/C80H86Cl2N10O27S2/c1-33-71(105)80(3,86-30-35-7-4-8-41(19-35)113-16-6-18-120-34(2)94)29-58(114-33)118-70-68(104)67(103)55(32-93)117-79(70)119-69-53-23-39-24-54(69)116-52-15-12-38(22-46(52)82)66(102)64-78(112)90-62(74(108)85-31-57(99)100)44-25-40(95)26-50(97)59(44)43-20-36(10-13-49(43)96)60(75(109)92-64)89-76(110)61(39)88-73(107)48(28-56(84)98)87-77(111)63(65(101)37-11-14-51(115-53)45(81)21-37)91-72(106)47(83)27-42-9-5-17-121-42/h4-5,7-15,17,19-26,33,47-48,55,58,60-68,70-71,79,86,93,95-97,101-105H,6,16,18,27-32,83H2,1-3H3,(H2,84,98)(H,85,108)(H,87,111)(H,88,107)(H,89,110)(H,90,112)(H,91,106)(H,92,109)(H,99,100)/t33-,47-,48-,55+,58-,60+,61+,62-,63+,64-,65+,66+,67+,68-,70+,71+,79-,80-/m0/s1. The molecule has 22 N–H and O–H groups in total. The number of hydrogen-bond donors (Lipinski definition) is 20. The highest BCUT2D eigenvalue weighted by Gasteiger charge is 2.52. The van der Waals surface area contributed by atoms with Crippen LogP contribution in [0.5, 0.6) is 51.7 Å². The molecule has 41 heteroatoms. The third-order valence-electron chi connectivity index (χ3n) is 20.6. The predicted molar refractivity (Wildman–Crippen MR) is 428 cm³/mol. The molecular formula is C80H86Cl2N10O27S2. The molecule has 0 aliphatic carbocycles. The Morgan fingerprint density at radius 2 is 1.40 bits per heavy atom. The number of aliphatic hydroxyl groups excluding tert-OH is 6. The number of ether oxygens (including phenoxy) is 7. The lowest BCUT2D eigenvalue weighted by molar-refractivity contribution is -0.334. The summed E-state index contributed by atoms with van der Waals surface area (Å²) in [5, 5.41) is 137. The van der Waals surface area contributed by atoms with Gasteiger partial charge in [0.05, 0.1) is 47.9 Å². The van der Waals surface area contributed by atoms with Crippen molar-refractivity contribution in [3.63, 3.8) is 0 Å². The van der Waals surface area contributed by atoms with Gasteiger partial charge in [0.2, 0.25) is 59.3 Å². The molecular weight excluding hydrogens is 1670 g/mol. The van der Waals surface area contributed by atoms with Crippen LogP contribution >= 0.6 is 46.3 Å². The van der Waals surface area contributed by atoms with Gasteiger partial charge < -0.3 is 138 Å². The van der Waals surface area contributed by atoms with Gasteiger partial charge in [0.15, 0.2) is 29.0 Å². The maximum Gasteiger partial charge on any atom is 0.322 e. The normalized spacial score (nSPS) is 26.3. The average molecular weight is 1750 g/mol. The first-order valence-electron chi connectivity index (χ1n) is 37.7. The molecule has 18 atom stereocenters. The summed E-state index contributed by atoms with van der Waals surface area (Å²) in [6, 6.07) is 8.96. The predicted octanol–water partition coefficient (Wildman–Crippen LogP) is 2.10. The molecule has 0 spiro atoms. The lowest BCUT2D eigenvalue weighted by Gasteiger charge is -2.48. The first kappa shape index (κ1) is 89.3.